The fourth-order valence-corrected chi connectivity index (χ4v) is 3.27. The lowest BCUT2D eigenvalue weighted by atomic mass is 9.80. The summed E-state index contributed by atoms with van der Waals surface area (Å²) in [6.45, 7) is 4.41. The van der Waals surface area contributed by atoms with Crippen LogP contribution >= 0.6 is 11.6 Å². The fourth-order valence-electron chi connectivity index (χ4n) is 3.15. The summed E-state index contributed by atoms with van der Waals surface area (Å²) in [6.07, 6.45) is 2.86. The Morgan fingerprint density at radius 2 is 1.90 bits per heavy atom. The van der Waals surface area contributed by atoms with Gasteiger partial charge in [-0.1, -0.05) is 31.5 Å². The molecule has 0 saturated carbocycles. The van der Waals surface area contributed by atoms with Gasteiger partial charge >= 0.3 is 0 Å². The van der Waals surface area contributed by atoms with Crippen molar-refractivity contribution in [3.05, 3.63) is 34.6 Å². The SMILES string of the molecule is CCC(CC)(C(Cc1ccc(Cl)c(F)c1)NC)N(C)C. The third-order valence-electron chi connectivity index (χ3n) is 4.54. The monoisotopic (exact) mass is 300 g/mol. The first-order chi connectivity index (χ1) is 9.41. The van der Waals surface area contributed by atoms with E-state index in [1.165, 1.54) is 0 Å². The number of nitrogens with zero attached hydrogens (tertiary/aromatic N) is 1. The Bertz CT molecular complexity index is 430. The second kappa shape index (κ2) is 7.39. The number of rotatable bonds is 7. The van der Waals surface area contributed by atoms with Crippen LogP contribution in [0, 0.1) is 5.82 Å². The van der Waals surface area contributed by atoms with Gasteiger partial charge in [0.15, 0.2) is 0 Å². The molecule has 0 heterocycles. The van der Waals surface area contributed by atoms with Crippen LogP contribution in [-0.2, 0) is 6.42 Å². The van der Waals surface area contributed by atoms with Crippen molar-refractivity contribution in [2.75, 3.05) is 21.1 Å². The van der Waals surface area contributed by atoms with Crippen molar-refractivity contribution in [2.45, 2.75) is 44.7 Å². The molecular weight excluding hydrogens is 275 g/mol. The smallest absolute Gasteiger partial charge is 0.142 e. The Morgan fingerprint density at radius 1 is 1.30 bits per heavy atom. The van der Waals surface area contributed by atoms with Crippen LogP contribution in [-0.4, -0.2) is 37.6 Å². The van der Waals surface area contributed by atoms with Crippen LogP contribution in [0.4, 0.5) is 4.39 Å². The molecule has 20 heavy (non-hydrogen) atoms. The van der Waals surface area contributed by atoms with E-state index in [9.17, 15) is 4.39 Å². The first-order valence-corrected chi connectivity index (χ1v) is 7.57. The zero-order valence-corrected chi connectivity index (χ0v) is 13.9. The molecule has 1 atom stereocenters. The highest BCUT2D eigenvalue weighted by Gasteiger charge is 2.36. The third kappa shape index (κ3) is 3.51. The second-order valence-electron chi connectivity index (χ2n) is 5.50. The molecule has 1 aromatic carbocycles. The average molecular weight is 301 g/mol. The van der Waals surface area contributed by atoms with Crippen LogP contribution < -0.4 is 5.32 Å². The molecule has 0 amide bonds. The molecule has 0 spiro atoms. The summed E-state index contributed by atoms with van der Waals surface area (Å²) < 4.78 is 13.6. The quantitative estimate of drug-likeness (QED) is 0.825. The molecule has 0 radical (unpaired) electrons. The highest BCUT2D eigenvalue weighted by atomic mass is 35.5. The lowest BCUT2D eigenvalue weighted by Gasteiger charge is -2.45. The molecule has 1 rings (SSSR count). The summed E-state index contributed by atoms with van der Waals surface area (Å²) in [5, 5.41) is 3.59. The first-order valence-electron chi connectivity index (χ1n) is 7.19. The number of hydrogen-bond donors (Lipinski definition) is 1. The van der Waals surface area contributed by atoms with Gasteiger partial charge in [0.1, 0.15) is 5.82 Å². The molecule has 114 valence electrons. The molecule has 0 aliphatic heterocycles. The lowest BCUT2D eigenvalue weighted by Crippen LogP contribution is -2.58. The topological polar surface area (TPSA) is 15.3 Å². The normalized spacial score (nSPS) is 13.8. The summed E-state index contributed by atoms with van der Waals surface area (Å²) in [7, 11) is 6.19. The molecule has 0 saturated heterocycles. The van der Waals surface area contributed by atoms with Gasteiger partial charge in [0.2, 0.25) is 0 Å². The molecule has 0 aliphatic carbocycles. The third-order valence-corrected chi connectivity index (χ3v) is 4.84. The van der Waals surface area contributed by atoms with E-state index in [0.29, 0.717) is 0 Å². The van der Waals surface area contributed by atoms with Crippen molar-refractivity contribution in [3.8, 4) is 0 Å². The van der Waals surface area contributed by atoms with Crippen LogP contribution in [0.25, 0.3) is 0 Å². The van der Waals surface area contributed by atoms with Crippen LogP contribution in [0.3, 0.4) is 0 Å². The molecule has 2 nitrogen and oxygen atoms in total. The Kier molecular flexibility index (Phi) is 6.44. The van der Waals surface area contributed by atoms with Gasteiger partial charge in [-0.2, -0.15) is 0 Å². The number of nitrogens with one attached hydrogen (secondary N) is 1. The van der Waals surface area contributed by atoms with Crippen molar-refractivity contribution in [1.29, 1.82) is 0 Å². The van der Waals surface area contributed by atoms with Crippen molar-refractivity contribution < 1.29 is 4.39 Å². The Hall–Kier alpha value is -0.640. The summed E-state index contributed by atoms with van der Waals surface area (Å²) >= 11 is 5.75. The Labute approximate surface area is 127 Å². The summed E-state index contributed by atoms with van der Waals surface area (Å²) in [6, 6.07) is 5.33. The van der Waals surface area contributed by atoms with E-state index in [1.807, 2.05) is 13.1 Å². The molecule has 0 bridgehead atoms. The maximum atomic E-state index is 13.6. The van der Waals surface area contributed by atoms with Crippen LogP contribution in [0.2, 0.25) is 5.02 Å². The van der Waals surface area contributed by atoms with Crippen molar-refractivity contribution in [3.63, 3.8) is 0 Å². The van der Waals surface area contributed by atoms with E-state index in [0.717, 1.165) is 24.8 Å². The minimum Gasteiger partial charge on any atom is -0.315 e. The van der Waals surface area contributed by atoms with Crippen molar-refractivity contribution in [1.82, 2.24) is 10.2 Å². The molecule has 0 aliphatic rings. The van der Waals surface area contributed by atoms with E-state index in [1.54, 1.807) is 12.1 Å². The fraction of sp³-hybridized carbons (Fsp3) is 0.625. The van der Waals surface area contributed by atoms with Crippen molar-refractivity contribution in [2.24, 2.45) is 0 Å². The predicted octanol–water partition coefficient (Wildman–Crippen LogP) is 3.73. The van der Waals surface area contributed by atoms with Gasteiger partial charge in [0, 0.05) is 11.6 Å². The molecule has 4 heteroatoms. The average Bonchev–Trinajstić information content (AvgIpc) is 2.43. The number of benzene rings is 1. The highest BCUT2D eigenvalue weighted by Crippen LogP contribution is 2.28. The van der Waals surface area contributed by atoms with E-state index in [-0.39, 0.29) is 22.4 Å². The van der Waals surface area contributed by atoms with E-state index in [4.69, 9.17) is 11.6 Å². The van der Waals surface area contributed by atoms with Gasteiger partial charge in [0.25, 0.3) is 0 Å². The predicted molar refractivity (Wildman–Crippen MR) is 85.0 cm³/mol. The highest BCUT2D eigenvalue weighted by molar-refractivity contribution is 6.30. The molecular formula is C16H26ClFN2. The van der Waals surface area contributed by atoms with Gasteiger partial charge in [-0.15, -0.1) is 0 Å². The Morgan fingerprint density at radius 3 is 2.30 bits per heavy atom. The van der Waals surface area contributed by atoms with Gasteiger partial charge < -0.3 is 10.2 Å². The van der Waals surface area contributed by atoms with Gasteiger partial charge in [-0.25, -0.2) is 4.39 Å². The van der Waals surface area contributed by atoms with Crippen molar-refractivity contribution >= 4 is 11.6 Å². The number of likely N-dealkylation sites (N-methyl/N-ethyl adjacent to an activating group) is 2. The summed E-state index contributed by atoms with van der Waals surface area (Å²) in [5.74, 6) is -0.345. The van der Waals surface area contributed by atoms with E-state index in [2.05, 4.69) is 38.2 Å². The zero-order valence-electron chi connectivity index (χ0n) is 13.1. The maximum Gasteiger partial charge on any atom is 0.142 e. The maximum absolute atomic E-state index is 13.6. The van der Waals surface area contributed by atoms with Gasteiger partial charge in [0.05, 0.1) is 5.02 Å². The standard InChI is InChI=1S/C16H26ClFN2/c1-6-16(7-2,20(4)5)15(19-3)11-12-8-9-13(17)14(18)10-12/h8-10,15,19H,6-7,11H2,1-5H3. The van der Waals surface area contributed by atoms with E-state index < -0.39 is 0 Å². The van der Waals surface area contributed by atoms with Crippen LogP contribution in [0.5, 0.6) is 0 Å². The zero-order chi connectivity index (χ0) is 15.3. The molecule has 1 aromatic rings. The lowest BCUT2D eigenvalue weighted by molar-refractivity contribution is 0.0917. The van der Waals surface area contributed by atoms with Crippen LogP contribution in [0.1, 0.15) is 32.3 Å². The van der Waals surface area contributed by atoms with Gasteiger partial charge in [-0.05, 0) is 58.1 Å². The Balaban J connectivity index is 3.03. The first kappa shape index (κ1) is 17.4. The largest absolute Gasteiger partial charge is 0.315 e. The minimum absolute atomic E-state index is 0.0604. The number of hydrogen-bond acceptors (Lipinski definition) is 2. The number of halogens is 2. The summed E-state index contributed by atoms with van der Waals surface area (Å²) in [4.78, 5) is 2.28. The molecule has 0 aromatic heterocycles. The van der Waals surface area contributed by atoms with Gasteiger partial charge in [-0.3, -0.25) is 0 Å². The van der Waals surface area contributed by atoms with Crippen LogP contribution in [0.15, 0.2) is 18.2 Å². The minimum atomic E-state index is -0.345. The molecule has 1 N–H and O–H groups in total. The molecule has 0 fully saturated rings. The summed E-state index contributed by atoms with van der Waals surface area (Å²) in [5.41, 5.74) is 1.03. The van der Waals surface area contributed by atoms with E-state index >= 15 is 0 Å². The second-order valence-corrected chi connectivity index (χ2v) is 5.91. The molecule has 1 unspecified atom stereocenters.